The Balaban J connectivity index is 1.91. The van der Waals surface area contributed by atoms with E-state index in [2.05, 4.69) is 10.5 Å². The Hall–Kier alpha value is -3.09. The maximum absolute atomic E-state index is 12.8. The summed E-state index contributed by atoms with van der Waals surface area (Å²) in [5.41, 5.74) is 3.32. The van der Waals surface area contributed by atoms with E-state index in [4.69, 9.17) is 13.9 Å². The van der Waals surface area contributed by atoms with Gasteiger partial charge in [-0.2, -0.15) is 5.10 Å². The zero-order valence-electron chi connectivity index (χ0n) is 13.2. The van der Waals surface area contributed by atoms with Gasteiger partial charge in [0.25, 0.3) is 0 Å². The van der Waals surface area contributed by atoms with Crippen molar-refractivity contribution < 1.29 is 23.5 Å². The van der Waals surface area contributed by atoms with Gasteiger partial charge in [-0.3, -0.25) is 10.2 Å². The predicted molar refractivity (Wildman–Crippen MR) is 85.1 cm³/mol. The largest absolute Gasteiger partial charge is 0.497 e. The quantitative estimate of drug-likeness (QED) is 0.664. The molecule has 1 N–H and O–H groups in total. The van der Waals surface area contributed by atoms with Gasteiger partial charge >= 0.3 is 5.97 Å². The topological polar surface area (TPSA) is 90.1 Å². The molecule has 0 fully saturated rings. The van der Waals surface area contributed by atoms with Crippen LogP contribution in [0.2, 0.25) is 0 Å². The highest BCUT2D eigenvalue weighted by atomic mass is 16.5. The summed E-state index contributed by atoms with van der Waals surface area (Å²) in [6.07, 6.45) is 1.48. The van der Waals surface area contributed by atoms with Crippen molar-refractivity contribution in [1.29, 1.82) is 0 Å². The number of carbonyl (C=O) groups is 2. The van der Waals surface area contributed by atoms with E-state index >= 15 is 0 Å². The first-order chi connectivity index (χ1) is 11.7. The molecule has 1 aliphatic heterocycles. The SMILES string of the molecule is COC(=O)C1=NNC(C(=O)c2ccc(OC)cc2)C1c1ccco1. The van der Waals surface area contributed by atoms with E-state index in [1.165, 1.54) is 13.4 Å². The molecule has 0 bridgehead atoms. The van der Waals surface area contributed by atoms with E-state index in [0.29, 0.717) is 17.1 Å². The summed E-state index contributed by atoms with van der Waals surface area (Å²) in [7, 11) is 2.82. The van der Waals surface area contributed by atoms with Gasteiger partial charge in [0.05, 0.1) is 26.4 Å². The molecular weight excluding hydrogens is 312 g/mol. The second-order valence-corrected chi connectivity index (χ2v) is 5.18. The lowest BCUT2D eigenvalue weighted by Crippen LogP contribution is -2.37. The van der Waals surface area contributed by atoms with Gasteiger partial charge in [-0.1, -0.05) is 0 Å². The molecule has 24 heavy (non-hydrogen) atoms. The van der Waals surface area contributed by atoms with Crippen LogP contribution in [0, 0.1) is 0 Å². The minimum Gasteiger partial charge on any atom is -0.497 e. The van der Waals surface area contributed by atoms with Crippen LogP contribution in [-0.4, -0.2) is 37.7 Å². The van der Waals surface area contributed by atoms with Crippen molar-refractivity contribution >= 4 is 17.5 Å². The predicted octanol–water partition coefficient (Wildman–Crippen LogP) is 1.76. The Kier molecular flexibility index (Phi) is 4.33. The van der Waals surface area contributed by atoms with Crippen molar-refractivity contribution in [2.45, 2.75) is 12.0 Å². The molecule has 7 heteroatoms. The van der Waals surface area contributed by atoms with Gasteiger partial charge in [0.1, 0.15) is 17.6 Å². The van der Waals surface area contributed by atoms with Gasteiger partial charge in [-0.15, -0.1) is 0 Å². The number of benzene rings is 1. The van der Waals surface area contributed by atoms with Crippen LogP contribution in [0.4, 0.5) is 0 Å². The summed E-state index contributed by atoms with van der Waals surface area (Å²) < 4.78 is 15.2. The third kappa shape index (κ3) is 2.76. The summed E-state index contributed by atoms with van der Waals surface area (Å²) >= 11 is 0. The molecule has 7 nitrogen and oxygen atoms in total. The highest BCUT2D eigenvalue weighted by molar-refractivity contribution is 6.40. The molecule has 2 unspecified atom stereocenters. The van der Waals surface area contributed by atoms with Crippen LogP contribution < -0.4 is 10.2 Å². The lowest BCUT2D eigenvalue weighted by Gasteiger charge is -2.17. The Morgan fingerprint density at radius 3 is 2.50 bits per heavy atom. The lowest BCUT2D eigenvalue weighted by molar-refractivity contribution is -0.132. The van der Waals surface area contributed by atoms with Crippen molar-refractivity contribution in [3.63, 3.8) is 0 Å². The smallest absolute Gasteiger partial charge is 0.355 e. The zero-order chi connectivity index (χ0) is 17.1. The maximum Gasteiger partial charge on any atom is 0.355 e. The number of Topliss-reactive ketones (excluding diaryl/α,β-unsaturated/α-hetero) is 1. The minimum absolute atomic E-state index is 0.110. The van der Waals surface area contributed by atoms with Crippen LogP contribution in [0.1, 0.15) is 22.0 Å². The number of rotatable bonds is 5. The molecule has 0 saturated heterocycles. The number of carbonyl (C=O) groups excluding carboxylic acids is 2. The number of hydrazone groups is 1. The van der Waals surface area contributed by atoms with Crippen LogP contribution in [0.25, 0.3) is 0 Å². The van der Waals surface area contributed by atoms with Gasteiger partial charge in [0, 0.05) is 5.56 Å². The van der Waals surface area contributed by atoms with Gasteiger partial charge in [0.15, 0.2) is 11.5 Å². The third-order valence-electron chi connectivity index (χ3n) is 3.85. The number of nitrogens with zero attached hydrogens (tertiary/aromatic N) is 1. The molecule has 1 aromatic carbocycles. The number of methoxy groups -OCH3 is 2. The van der Waals surface area contributed by atoms with Crippen molar-refractivity contribution in [3.8, 4) is 5.75 Å². The summed E-state index contributed by atoms with van der Waals surface area (Å²) in [6.45, 7) is 0. The first kappa shape index (κ1) is 15.8. The van der Waals surface area contributed by atoms with Crippen LogP contribution in [0.15, 0.2) is 52.2 Å². The fourth-order valence-corrected chi connectivity index (χ4v) is 2.63. The molecule has 0 aliphatic carbocycles. The number of nitrogens with one attached hydrogen (secondary N) is 1. The summed E-state index contributed by atoms with van der Waals surface area (Å²) in [5, 5.41) is 3.99. The third-order valence-corrected chi connectivity index (χ3v) is 3.85. The highest BCUT2D eigenvalue weighted by Gasteiger charge is 2.43. The van der Waals surface area contributed by atoms with Gasteiger partial charge in [0.2, 0.25) is 0 Å². The van der Waals surface area contributed by atoms with Crippen LogP contribution in [-0.2, 0) is 9.53 Å². The summed E-state index contributed by atoms with van der Waals surface area (Å²) in [6, 6.07) is 9.37. The summed E-state index contributed by atoms with van der Waals surface area (Å²) in [5.74, 6) is -0.339. The molecular formula is C17H16N2O5. The van der Waals surface area contributed by atoms with Gasteiger partial charge in [-0.05, 0) is 36.4 Å². The normalized spacial score (nSPS) is 19.3. The molecule has 3 rings (SSSR count). The number of ketones is 1. The molecule has 124 valence electrons. The first-order valence-corrected chi connectivity index (χ1v) is 7.28. The van der Waals surface area contributed by atoms with Crippen LogP contribution >= 0.6 is 0 Å². The van der Waals surface area contributed by atoms with E-state index in [1.807, 2.05) is 0 Å². The monoisotopic (exact) mass is 328 g/mol. The fourth-order valence-electron chi connectivity index (χ4n) is 2.63. The number of ether oxygens (including phenoxy) is 2. The standard InChI is InChI=1S/C17H16N2O5/c1-22-11-7-5-10(6-8-11)16(20)14-13(12-4-3-9-24-12)15(19-18-14)17(21)23-2/h3-9,13-14,18H,1-2H3. The first-order valence-electron chi connectivity index (χ1n) is 7.28. The minimum atomic E-state index is -0.751. The lowest BCUT2D eigenvalue weighted by atomic mass is 9.88. The number of hydrogen-bond donors (Lipinski definition) is 1. The number of hydrogen-bond acceptors (Lipinski definition) is 7. The molecule has 0 amide bonds. The Labute approximate surface area is 138 Å². The van der Waals surface area contributed by atoms with Crippen molar-refractivity contribution in [2.75, 3.05) is 14.2 Å². The molecule has 2 atom stereocenters. The second-order valence-electron chi connectivity index (χ2n) is 5.18. The van der Waals surface area contributed by atoms with E-state index in [-0.39, 0.29) is 11.5 Å². The van der Waals surface area contributed by atoms with E-state index in [9.17, 15) is 9.59 Å². The molecule has 2 heterocycles. The number of furan rings is 1. The fraction of sp³-hybridized carbons (Fsp3) is 0.235. The molecule has 2 aromatic rings. The average molecular weight is 328 g/mol. The molecule has 1 aliphatic rings. The Morgan fingerprint density at radius 2 is 1.92 bits per heavy atom. The van der Waals surface area contributed by atoms with Crippen molar-refractivity contribution in [1.82, 2.24) is 5.43 Å². The maximum atomic E-state index is 12.8. The molecule has 0 saturated carbocycles. The zero-order valence-corrected chi connectivity index (χ0v) is 13.2. The number of esters is 1. The second kappa shape index (κ2) is 6.57. The molecule has 0 radical (unpaired) electrons. The van der Waals surface area contributed by atoms with Crippen molar-refractivity contribution in [2.24, 2.45) is 5.10 Å². The highest BCUT2D eigenvalue weighted by Crippen LogP contribution is 2.29. The van der Waals surface area contributed by atoms with Crippen LogP contribution in [0.3, 0.4) is 0 Å². The van der Waals surface area contributed by atoms with Gasteiger partial charge < -0.3 is 13.9 Å². The van der Waals surface area contributed by atoms with E-state index in [0.717, 1.165) is 0 Å². The van der Waals surface area contributed by atoms with E-state index in [1.54, 1.807) is 43.5 Å². The van der Waals surface area contributed by atoms with Gasteiger partial charge in [-0.25, -0.2) is 4.79 Å². The van der Waals surface area contributed by atoms with Crippen LogP contribution in [0.5, 0.6) is 5.75 Å². The van der Waals surface area contributed by atoms with E-state index < -0.39 is 17.9 Å². The molecule has 0 spiro atoms. The molecule has 1 aromatic heterocycles. The Morgan fingerprint density at radius 1 is 1.17 bits per heavy atom. The average Bonchev–Trinajstić information content (AvgIpc) is 3.29. The van der Waals surface area contributed by atoms with Crippen molar-refractivity contribution in [3.05, 3.63) is 54.0 Å². The summed E-state index contributed by atoms with van der Waals surface area (Å²) in [4.78, 5) is 24.8. The Bertz CT molecular complexity index is 765.